The lowest BCUT2D eigenvalue weighted by atomic mass is 9.94. The first kappa shape index (κ1) is 22.3. The molecular formula is C27H30N4O3. The molecule has 1 aromatic carbocycles. The molecule has 2 aliphatic rings. The fourth-order valence-corrected chi connectivity index (χ4v) is 4.89. The normalized spacial score (nSPS) is 15.2. The van der Waals surface area contributed by atoms with Crippen molar-refractivity contribution in [3.05, 3.63) is 74.8 Å². The molecule has 5 rings (SSSR count). The molecule has 0 amide bonds. The van der Waals surface area contributed by atoms with Crippen LogP contribution in [0, 0.1) is 13.8 Å². The number of aromatic nitrogens is 2. The van der Waals surface area contributed by atoms with Gasteiger partial charge in [-0.2, -0.15) is 0 Å². The van der Waals surface area contributed by atoms with Gasteiger partial charge in [0.25, 0.3) is 5.56 Å². The summed E-state index contributed by atoms with van der Waals surface area (Å²) in [6.07, 6.45) is 3.36. The Morgan fingerprint density at radius 1 is 1.15 bits per heavy atom. The summed E-state index contributed by atoms with van der Waals surface area (Å²) in [5.41, 5.74) is 5.88. The Morgan fingerprint density at radius 2 is 1.97 bits per heavy atom. The second-order valence-corrected chi connectivity index (χ2v) is 9.12. The van der Waals surface area contributed by atoms with Crippen LogP contribution in [0.5, 0.6) is 5.75 Å². The van der Waals surface area contributed by atoms with Gasteiger partial charge in [-0.1, -0.05) is 0 Å². The number of carbonyl (C=O) groups is 1. The highest BCUT2D eigenvalue weighted by atomic mass is 16.5. The Morgan fingerprint density at radius 3 is 2.71 bits per heavy atom. The average Bonchev–Trinajstić information content (AvgIpc) is 3.32. The number of H-pyrrole nitrogens is 1. The van der Waals surface area contributed by atoms with Crippen LogP contribution < -0.4 is 20.5 Å². The molecule has 3 aromatic rings. The molecule has 1 fully saturated rings. The Kier molecular flexibility index (Phi) is 6.20. The lowest BCUT2D eigenvalue weighted by molar-refractivity contribution is 0.0982. The third-order valence-corrected chi connectivity index (χ3v) is 6.70. The summed E-state index contributed by atoms with van der Waals surface area (Å²) in [5.74, 6) is 1.84. The maximum atomic E-state index is 13.2. The number of carbonyl (C=O) groups excluding carboxylic acids is 1. The molecular weight excluding hydrogens is 428 g/mol. The SMILES string of the molecule is Cc1cc(C)c(CCC(=O)c2cc3c(c(-c4ccc(N5CCNCC5)nc4)c2)OCC3)c(=O)[nH]1. The van der Waals surface area contributed by atoms with Crippen molar-refractivity contribution in [2.75, 3.05) is 37.7 Å². The van der Waals surface area contributed by atoms with Gasteiger partial charge in [0.05, 0.1) is 6.61 Å². The van der Waals surface area contributed by atoms with E-state index in [0.717, 1.165) is 72.1 Å². The van der Waals surface area contributed by atoms with Crippen LogP contribution in [0.2, 0.25) is 0 Å². The number of nitrogens with one attached hydrogen (secondary N) is 2. The van der Waals surface area contributed by atoms with E-state index in [9.17, 15) is 9.59 Å². The zero-order valence-electron chi connectivity index (χ0n) is 19.7. The Balaban J connectivity index is 1.40. The first-order valence-electron chi connectivity index (χ1n) is 11.9. The molecule has 2 N–H and O–H groups in total. The lowest BCUT2D eigenvalue weighted by Crippen LogP contribution is -2.43. The summed E-state index contributed by atoms with van der Waals surface area (Å²) in [6.45, 7) is 8.21. The predicted molar refractivity (Wildman–Crippen MR) is 133 cm³/mol. The number of rotatable bonds is 6. The number of hydrogen-bond acceptors (Lipinski definition) is 6. The van der Waals surface area contributed by atoms with Crippen molar-refractivity contribution < 1.29 is 9.53 Å². The third kappa shape index (κ3) is 4.48. The number of hydrogen-bond donors (Lipinski definition) is 2. The molecule has 0 unspecified atom stereocenters. The zero-order valence-corrected chi connectivity index (χ0v) is 19.7. The van der Waals surface area contributed by atoms with Crippen LogP contribution in [-0.4, -0.2) is 48.5 Å². The summed E-state index contributed by atoms with van der Waals surface area (Å²) in [6, 6.07) is 9.92. The number of benzene rings is 1. The minimum atomic E-state index is -0.107. The highest BCUT2D eigenvalue weighted by molar-refractivity contribution is 5.98. The highest BCUT2D eigenvalue weighted by Gasteiger charge is 2.22. The summed E-state index contributed by atoms with van der Waals surface area (Å²) in [4.78, 5) is 35.3. The van der Waals surface area contributed by atoms with E-state index in [1.807, 2.05) is 44.3 Å². The molecule has 0 aliphatic carbocycles. The Bertz CT molecular complexity index is 1270. The summed E-state index contributed by atoms with van der Waals surface area (Å²) in [5, 5.41) is 3.36. The van der Waals surface area contributed by atoms with Gasteiger partial charge in [-0.05, 0) is 61.7 Å². The van der Waals surface area contributed by atoms with Crippen molar-refractivity contribution in [1.82, 2.24) is 15.3 Å². The number of ether oxygens (including phenoxy) is 1. The van der Waals surface area contributed by atoms with E-state index >= 15 is 0 Å². The van der Waals surface area contributed by atoms with Crippen molar-refractivity contribution in [1.29, 1.82) is 0 Å². The molecule has 7 nitrogen and oxygen atoms in total. The van der Waals surface area contributed by atoms with Crippen LogP contribution in [0.4, 0.5) is 5.82 Å². The van der Waals surface area contributed by atoms with E-state index in [0.29, 0.717) is 24.2 Å². The van der Waals surface area contributed by atoms with Crippen molar-refractivity contribution >= 4 is 11.6 Å². The highest BCUT2D eigenvalue weighted by Crippen LogP contribution is 2.38. The van der Waals surface area contributed by atoms with Crippen LogP contribution in [0.1, 0.15) is 39.2 Å². The van der Waals surface area contributed by atoms with Gasteiger partial charge in [0, 0.05) is 73.2 Å². The van der Waals surface area contributed by atoms with Crippen molar-refractivity contribution in [3.8, 4) is 16.9 Å². The number of ketones is 1. The number of nitrogens with zero attached hydrogens (tertiary/aromatic N) is 2. The quantitative estimate of drug-likeness (QED) is 0.552. The Labute approximate surface area is 199 Å². The van der Waals surface area contributed by atoms with E-state index in [4.69, 9.17) is 9.72 Å². The fourth-order valence-electron chi connectivity index (χ4n) is 4.89. The van der Waals surface area contributed by atoms with Crippen LogP contribution >= 0.6 is 0 Å². The van der Waals surface area contributed by atoms with Gasteiger partial charge in [0.15, 0.2) is 5.78 Å². The zero-order chi connectivity index (χ0) is 23.7. The monoisotopic (exact) mass is 458 g/mol. The van der Waals surface area contributed by atoms with Crippen molar-refractivity contribution in [2.24, 2.45) is 0 Å². The first-order chi connectivity index (χ1) is 16.5. The molecule has 7 heteroatoms. The van der Waals surface area contributed by atoms with Crippen LogP contribution in [-0.2, 0) is 12.8 Å². The van der Waals surface area contributed by atoms with Gasteiger partial charge in [0.1, 0.15) is 11.6 Å². The molecule has 0 bridgehead atoms. The largest absolute Gasteiger partial charge is 0.492 e. The number of piperazine rings is 1. The molecule has 0 atom stereocenters. The minimum absolute atomic E-state index is 0.0284. The average molecular weight is 459 g/mol. The van der Waals surface area contributed by atoms with Gasteiger partial charge in [0.2, 0.25) is 0 Å². The van der Waals surface area contributed by atoms with Crippen LogP contribution in [0.15, 0.2) is 41.3 Å². The van der Waals surface area contributed by atoms with E-state index in [2.05, 4.69) is 21.3 Å². The van der Waals surface area contributed by atoms with Gasteiger partial charge < -0.3 is 19.9 Å². The number of fused-ring (bicyclic) bond motifs is 1. The van der Waals surface area contributed by atoms with Gasteiger partial charge in [-0.15, -0.1) is 0 Å². The smallest absolute Gasteiger partial charge is 0.251 e. The van der Waals surface area contributed by atoms with Crippen LogP contribution in [0.3, 0.4) is 0 Å². The van der Waals surface area contributed by atoms with E-state index in [-0.39, 0.29) is 17.8 Å². The van der Waals surface area contributed by atoms with Gasteiger partial charge in [-0.3, -0.25) is 9.59 Å². The molecule has 34 heavy (non-hydrogen) atoms. The second kappa shape index (κ2) is 9.43. The molecule has 2 aromatic heterocycles. The summed E-state index contributed by atoms with van der Waals surface area (Å²) < 4.78 is 5.93. The van der Waals surface area contributed by atoms with Crippen molar-refractivity contribution in [3.63, 3.8) is 0 Å². The van der Waals surface area contributed by atoms with E-state index in [1.54, 1.807) is 0 Å². The number of anilines is 1. The van der Waals surface area contributed by atoms with Gasteiger partial charge >= 0.3 is 0 Å². The molecule has 0 spiro atoms. The third-order valence-electron chi connectivity index (χ3n) is 6.70. The van der Waals surface area contributed by atoms with Crippen LogP contribution in [0.25, 0.3) is 11.1 Å². The minimum Gasteiger partial charge on any atom is -0.492 e. The van der Waals surface area contributed by atoms with Gasteiger partial charge in [-0.25, -0.2) is 4.98 Å². The van der Waals surface area contributed by atoms with E-state index < -0.39 is 0 Å². The molecule has 4 heterocycles. The molecule has 1 saturated heterocycles. The topological polar surface area (TPSA) is 87.3 Å². The number of aromatic amines is 1. The first-order valence-corrected chi connectivity index (χ1v) is 11.9. The second-order valence-electron chi connectivity index (χ2n) is 9.12. The lowest BCUT2D eigenvalue weighted by Gasteiger charge is -2.28. The van der Waals surface area contributed by atoms with Crippen molar-refractivity contribution in [2.45, 2.75) is 33.1 Å². The molecule has 0 saturated carbocycles. The summed E-state index contributed by atoms with van der Waals surface area (Å²) >= 11 is 0. The molecule has 0 radical (unpaired) electrons. The Hall–Kier alpha value is -3.45. The maximum absolute atomic E-state index is 13.2. The molecule has 2 aliphatic heterocycles. The predicted octanol–water partition coefficient (Wildman–Crippen LogP) is 3.21. The number of Topliss-reactive ketones (excluding diaryl/α,β-unsaturated/α-hetero) is 1. The number of aryl methyl sites for hydroxylation is 2. The summed E-state index contributed by atoms with van der Waals surface area (Å²) in [7, 11) is 0. The van der Waals surface area contributed by atoms with E-state index in [1.165, 1.54) is 0 Å². The maximum Gasteiger partial charge on any atom is 0.251 e. The molecule has 176 valence electrons. The standard InChI is InChI=1S/C27H30N4O3/c1-17-13-18(2)30-27(33)22(17)4-5-24(32)21-14-19-7-12-34-26(19)23(15-21)20-3-6-25(29-16-20)31-10-8-28-9-11-31/h3,6,13-16,28H,4-5,7-12H2,1-2H3,(H,30,33). The fraction of sp³-hybridized carbons (Fsp3) is 0.370. The number of pyridine rings is 2.